The van der Waals surface area contributed by atoms with Crippen LogP contribution in [0.15, 0.2) is 24.3 Å². The molecule has 0 radical (unpaired) electrons. The highest BCUT2D eigenvalue weighted by molar-refractivity contribution is 5.80. The van der Waals surface area contributed by atoms with Gasteiger partial charge >= 0.3 is 0 Å². The van der Waals surface area contributed by atoms with Crippen molar-refractivity contribution in [2.24, 2.45) is 18.9 Å². The molecule has 1 aliphatic rings. The number of hydrogen-bond acceptors (Lipinski definition) is 3. The van der Waals surface area contributed by atoms with Gasteiger partial charge in [-0.1, -0.05) is 26.0 Å². The van der Waals surface area contributed by atoms with Gasteiger partial charge in [0, 0.05) is 20.7 Å². The number of fused-ring (bicyclic) bond motifs is 1. The summed E-state index contributed by atoms with van der Waals surface area (Å²) in [6, 6.07) is 8.05. The maximum atomic E-state index is 13.0. The summed E-state index contributed by atoms with van der Waals surface area (Å²) in [7, 11) is 3.87. The van der Waals surface area contributed by atoms with E-state index in [0.717, 1.165) is 36.3 Å². The van der Waals surface area contributed by atoms with E-state index in [9.17, 15) is 4.79 Å². The predicted octanol–water partition coefficient (Wildman–Crippen LogP) is 2.98. The van der Waals surface area contributed by atoms with Gasteiger partial charge in [0.25, 0.3) is 0 Å². The molecule has 1 fully saturated rings. The van der Waals surface area contributed by atoms with Crippen molar-refractivity contribution >= 4 is 16.9 Å². The lowest BCUT2D eigenvalue weighted by Crippen LogP contribution is -2.44. The molecule has 130 valence electrons. The number of nitrogens with zero attached hydrogens (tertiary/aromatic N) is 3. The first kappa shape index (κ1) is 17.0. The number of carbonyl (C=O) groups excluding carboxylic acids is 1. The van der Waals surface area contributed by atoms with E-state index in [1.54, 1.807) is 4.90 Å². The number of para-hydroxylation sites is 2. The number of carbonyl (C=O) groups is 1. The third-order valence-electron chi connectivity index (χ3n) is 4.98. The van der Waals surface area contributed by atoms with Gasteiger partial charge in [-0.15, -0.1) is 0 Å². The van der Waals surface area contributed by atoms with Crippen LogP contribution in [0, 0.1) is 11.8 Å². The molecule has 0 saturated carbocycles. The lowest BCUT2D eigenvalue weighted by atomic mass is 9.86. The highest BCUT2D eigenvalue weighted by atomic mass is 16.5. The maximum absolute atomic E-state index is 13.0. The van der Waals surface area contributed by atoms with Crippen LogP contribution in [-0.2, 0) is 23.1 Å². The van der Waals surface area contributed by atoms with E-state index in [-0.39, 0.29) is 17.9 Å². The molecule has 0 unspecified atom stereocenters. The molecule has 24 heavy (non-hydrogen) atoms. The zero-order valence-corrected chi connectivity index (χ0v) is 15.0. The van der Waals surface area contributed by atoms with Gasteiger partial charge in [-0.25, -0.2) is 4.98 Å². The van der Waals surface area contributed by atoms with Crippen molar-refractivity contribution < 1.29 is 9.53 Å². The summed E-state index contributed by atoms with van der Waals surface area (Å²) in [4.78, 5) is 19.4. The Morgan fingerprint density at radius 1 is 1.42 bits per heavy atom. The smallest absolute Gasteiger partial charge is 0.228 e. The number of benzene rings is 1. The van der Waals surface area contributed by atoms with E-state index in [0.29, 0.717) is 12.5 Å². The molecule has 5 nitrogen and oxygen atoms in total. The fourth-order valence-corrected chi connectivity index (χ4v) is 3.63. The van der Waals surface area contributed by atoms with Gasteiger partial charge in [-0.2, -0.15) is 0 Å². The predicted molar refractivity (Wildman–Crippen MR) is 94.5 cm³/mol. The van der Waals surface area contributed by atoms with Crippen molar-refractivity contribution in [2.75, 3.05) is 13.7 Å². The van der Waals surface area contributed by atoms with Crippen molar-refractivity contribution in [2.45, 2.75) is 39.3 Å². The fourth-order valence-electron chi connectivity index (χ4n) is 3.63. The normalized spacial score (nSPS) is 21.4. The fraction of sp³-hybridized carbons (Fsp3) is 0.579. The standard InChI is InChI=1S/C19H27N3O2/c1-13(2)18-14(8-7-11-24-18)19(23)21(3)12-17-20-15-9-5-6-10-16(15)22(17)4/h5-6,9-10,13-14,18H,7-8,11-12H2,1-4H3/t14-,18+/m0/s1. The Morgan fingerprint density at radius 3 is 2.88 bits per heavy atom. The molecule has 0 bridgehead atoms. The first-order valence-electron chi connectivity index (χ1n) is 8.76. The van der Waals surface area contributed by atoms with Gasteiger partial charge in [-0.3, -0.25) is 4.79 Å². The molecule has 1 aliphatic heterocycles. The number of imidazole rings is 1. The molecule has 0 N–H and O–H groups in total. The zero-order valence-electron chi connectivity index (χ0n) is 15.0. The third-order valence-corrected chi connectivity index (χ3v) is 4.98. The summed E-state index contributed by atoms with van der Waals surface area (Å²) in [5.41, 5.74) is 2.06. The molecule has 2 aromatic rings. The molecule has 1 aromatic heterocycles. The number of aryl methyl sites for hydroxylation is 1. The van der Waals surface area contributed by atoms with Crippen LogP contribution in [0.4, 0.5) is 0 Å². The Morgan fingerprint density at radius 2 is 2.17 bits per heavy atom. The Bertz CT molecular complexity index is 722. The highest BCUT2D eigenvalue weighted by Crippen LogP contribution is 2.28. The van der Waals surface area contributed by atoms with Crippen LogP contribution in [0.3, 0.4) is 0 Å². The largest absolute Gasteiger partial charge is 0.377 e. The summed E-state index contributed by atoms with van der Waals surface area (Å²) in [6.45, 7) is 5.54. The van der Waals surface area contributed by atoms with E-state index in [2.05, 4.69) is 29.5 Å². The van der Waals surface area contributed by atoms with Crippen LogP contribution in [0.2, 0.25) is 0 Å². The van der Waals surface area contributed by atoms with Gasteiger partial charge < -0.3 is 14.2 Å². The molecule has 2 atom stereocenters. The minimum Gasteiger partial charge on any atom is -0.377 e. The van der Waals surface area contributed by atoms with Crippen molar-refractivity contribution in [3.05, 3.63) is 30.1 Å². The molecule has 1 amide bonds. The van der Waals surface area contributed by atoms with E-state index < -0.39 is 0 Å². The Balaban J connectivity index is 1.76. The second-order valence-electron chi connectivity index (χ2n) is 7.10. The van der Waals surface area contributed by atoms with E-state index in [1.807, 2.05) is 32.3 Å². The summed E-state index contributed by atoms with van der Waals surface area (Å²) in [5.74, 6) is 1.38. The Hall–Kier alpha value is -1.88. The van der Waals surface area contributed by atoms with Crippen LogP contribution in [-0.4, -0.2) is 40.1 Å². The van der Waals surface area contributed by atoms with Crippen molar-refractivity contribution in [1.29, 1.82) is 0 Å². The average Bonchev–Trinajstić information content (AvgIpc) is 2.90. The van der Waals surface area contributed by atoms with Crippen LogP contribution in [0.5, 0.6) is 0 Å². The van der Waals surface area contributed by atoms with Gasteiger partial charge in [0.15, 0.2) is 0 Å². The molecule has 1 saturated heterocycles. The molecule has 3 rings (SSSR count). The topological polar surface area (TPSA) is 47.4 Å². The number of amides is 1. The molecule has 0 aliphatic carbocycles. The molecular weight excluding hydrogens is 302 g/mol. The zero-order chi connectivity index (χ0) is 17.3. The Labute approximate surface area is 143 Å². The molecule has 2 heterocycles. The molecule has 1 aromatic carbocycles. The number of aromatic nitrogens is 2. The second-order valence-corrected chi connectivity index (χ2v) is 7.10. The average molecular weight is 329 g/mol. The number of ether oxygens (including phenoxy) is 1. The maximum Gasteiger partial charge on any atom is 0.228 e. The van der Waals surface area contributed by atoms with Crippen LogP contribution in [0.1, 0.15) is 32.5 Å². The minimum absolute atomic E-state index is 0.0224. The first-order valence-corrected chi connectivity index (χ1v) is 8.76. The van der Waals surface area contributed by atoms with Crippen molar-refractivity contribution in [1.82, 2.24) is 14.5 Å². The van der Waals surface area contributed by atoms with Crippen LogP contribution in [0.25, 0.3) is 11.0 Å². The van der Waals surface area contributed by atoms with Crippen molar-refractivity contribution in [3.63, 3.8) is 0 Å². The van der Waals surface area contributed by atoms with Gasteiger partial charge in [0.05, 0.1) is 29.6 Å². The van der Waals surface area contributed by atoms with Crippen molar-refractivity contribution in [3.8, 4) is 0 Å². The Kier molecular flexibility index (Phi) is 4.90. The molecule has 0 spiro atoms. The number of rotatable bonds is 4. The SMILES string of the molecule is CC(C)[C@H]1OCCC[C@@H]1C(=O)N(C)Cc1nc2ccccc2n1C. The second kappa shape index (κ2) is 6.93. The minimum atomic E-state index is -0.0431. The summed E-state index contributed by atoms with van der Waals surface area (Å²) < 4.78 is 7.94. The van der Waals surface area contributed by atoms with E-state index in [1.165, 1.54) is 0 Å². The van der Waals surface area contributed by atoms with Gasteiger partial charge in [0.2, 0.25) is 5.91 Å². The number of hydrogen-bond donors (Lipinski definition) is 0. The summed E-state index contributed by atoms with van der Waals surface area (Å²) in [5, 5.41) is 0. The lowest BCUT2D eigenvalue weighted by Gasteiger charge is -2.35. The molecular formula is C19H27N3O2. The van der Waals surface area contributed by atoms with Crippen LogP contribution >= 0.6 is 0 Å². The van der Waals surface area contributed by atoms with Crippen LogP contribution < -0.4 is 0 Å². The van der Waals surface area contributed by atoms with E-state index in [4.69, 9.17) is 4.74 Å². The lowest BCUT2D eigenvalue weighted by molar-refractivity contribution is -0.147. The molecule has 5 heteroatoms. The quantitative estimate of drug-likeness (QED) is 0.866. The monoisotopic (exact) mass is 329 g/mol. The first-order chi connectivity index (χ1) is 11.5. The van der Waals surface area contributed by atoms with E-state index >= 15 is 0 Å². The highest BCUT2D eigenvalue weighted by Gasteiger charge is 2.35. The summed E-state index contributed by atoms with van der Waals surface area (Å²) >= 11 is 0. The summed E-state index contributed by atoms with van der Waals surface area (Å²) in [6.07, 6.45) is 1.89. The van der Waals surface area contributed by atoms with Gasteiger partial charge in [-0.05, 0) is 30.9 Å². The third kappa shape index (κ3) is 3.18. The van der Waals surface area contributed by atoms with Gasteiger partial charge in [0.1, 0.15) is 5.82 Å².